The average molecular weight is 213 g/mol. The number of carbonyl (C=O) groups is 1. The third kappa shape index (κ3) is 3.31. The Morgan fingerprint density at radius 1 is 1.33 bits per heavy atom. The Balaban J connectivity index is 2.69. The summed E-state index contributed by atoms with van der Waals surface area (Å²) in [5.41, 5.74) is 0.842. The van der Waals surface area contributed by atoms with Crippen molar-refractivity contribution in [1.82, 2.24) is 5.32 Å². The molecule has 0 radical (unpaired) electrons. The van der Waals surface area contributed by atoms with Crippen molar-refractivity contribution >= 4 is 5.91 Å². The molecule has 0 saturated carbocycles. The number of alkyl halides is 2. The molecule has 1 aromatic rings. The second-order valence-electron chi connectivity index (χ2n) is 3.18. The topological polar surface area (TPSA) is 29.1 Å². The maximum absolute atomic E-state index is 12.0. The SMILES string of the molecule is CCC(NC(=O)C(F)F)c1ccccc1. The zero-order valence-corrected chi connectivity index (χ0v) is 8.41. The van der Waals surface area contributed by atoms with E-state index in [1.807, 2.05) is 25.1 Å². The molecule has 0 saturated heterocycles. The summed E-state index contributed by atoms with van der Waals surface area (Å²) in [6.45, 7) is 1.84. The van der Waals surface area contributed by atoms with Gasteiger partial charge in [-0.1, -0.05) is 37.3 Å². The van der Waals surface area contributed by atoms with Gasteiger partial charge in [0.05, 0.1) is 6.04 Å². The molecule has 0 aliphatic carbocycles. The van der Waals surface area contributed by atoms with Gasteiger partial charge in [0, 0.05) is 0 Å². The van der Waals surface area contributed by atoms with Crippen LogP contribution in [0.1, 0.15) is 24.9 Å². The Labute approximate surface area is 87.3 Å². The first kappa shape index (κ1) is 11.6. The van der Waals surface area contributed by atoms with Gasteiger partial charge in [-0.2, -0.15) is 8.78 Å². The van der Waals surface area contributed by atoms with Crippen molar-refractivity contribution in [3.05, 3.63) is 35.9 Å². The molecule has 0 fully saturated rings. The summed E-state index contributed by atoms with van der Waals surface area (Å²) < 4.78 is 24.1. The largest absolute Gasteiger partial charge is 0.344 e. The minimum Gasteiger partial charge on any atom is -0.344 e. The Morgan fingerprint density at radius 3 is 2.40 bits per heavy atom. The molecule has 1 amide bonds. The second-order valence-corrected chi connectivity index (χ2v) is 3.18. The van der Waals surface area contributed by atoms with E-state index < -0.39 is 12.3 Å². The first-order valence-corrected chi connectivity index (χ1v) is 4.78. The van der Waals surface area contributed by atoms with Gasteiger partial charge in [-0.05, 0) is 12.0 Å². The lowest BCUT2D eigenvalue weighted by Crippen LogP contribution is -2.32. The number of rotatable bonds is 4. The fraction of sp³-hybridized carbons (Fsp3) is 0.364. The van der Waals surface area contributed by atoms with E-state index in [9.17, 15) is 13.6 Å². The van der Waals surface area contributed by atoms with Gasteiger partial charge in [-0.3, -0.25) is 4.79 Å². The summed E-state index contributed by atoms with van der Waals surface area (Å²) in [4.78, 5) is 10.8. The monoisotopic (exact) mass is 213 g/mol. The van der Waals surface area contributed by atoms with Crippen LogP contribution in [0.5, 0.6) is 0 Å². The summed E-state index contributed by atoms with van der Waals surface area (Å²) in [7, 11) is 0. The number of hydrogen-bond donors (Lipinski definition) is 1. The highest BCUT2D eigenvalue weighted by Crippen LogP contribution is 2.16. The Bertz CT molecular complexity index is 314. The Morgan fingerprint density at radius 2 is 1.93 bits per heavy atom. The van der Waals surface area contributed by atoms with Crippen molar-refractivity contribution in [3.63, 3.8) is 0 Å². The zero-order valence-electron chi connectivity index (χ0n) is 8.41. The highest BCUT2D eigenvalue weighted by atomic mass is 19.3. The molecule has 1 unspecified atom stereocenters. The van der Waals surface area contributed by atoms with Crippen molar-refractivity contribution in [2.75, 3.05) is 0 Å². The average Bonchev–Trinajstić information content (AvgIpc) is 2.26. The molecule has 1 rings (SSSR count). The van der Waals surface area contributed by atoms with Crippen LogP contribution in [0, 0.1) is 0 Å². The standard InChI is InChI=1S/C11H13F2NO/c1-2-9(14-11(15)10(12)13)8-6-4-3-5-7-8/h3-7,9-10H,2H2,1H3,(H,14,15). The van der Waals surface area contributed by atoms with Gasteiger partial charge < -0.3 is 5.32 Å². The predicted octanol–water partition coefficient (Wildman–Crippen LogP) is 2.52. The van der Waals surface area contributed by atoms with Gasteiger partial charge in [0.15, 0.2) is 0 Å². The van der Waals surface area contributed by atoms with Crippen LogP contribution >= 0.6 is 0 Å². The third-order valence-corrected chi connectivity index (χ3v) is 2.12. The lowest BCUT2D eigenvalue weighted by molar-refractivity contribution is -0.132. The summed E-state index contributed by atoms with van der Waals surface area (Å²) in [6, 6.07) is 8.73. The molecule has 1 atom stereocenters. The van der Waals surface area contributed by atoms with E-state index in [4.69, 9.17) is 0 Å². The molecule has 1 aromatic carbocycles. The van der Waals surface area contributed by atoms with Crippen LogP contribution < -0.4 is 5.32 Å². The maximum atomic E-state index is 12.0. The van der Waals surface area contributed by atoms with Crippen molar-refractivity contribution in [1.29, 1.82) is 0 Å². The lowest BCUT2D eigenvalue weighted by atomic mass is 10.0. The van der Waals surface area contributed by atoms with E-state index in [0.29, 0.717) is 6.42 Å². The number of carbonyl (C=O) groups excluding carboxylic acids is 1. The van der Waals surface area contributed by atoms with Gasteiger partial charge in [-0.15, -0.1) is 0 Å². The minimum absolute atomic E-state index is 0.340. The van der Waals surface area contributed by atoms with Crippen LogP contribution in [-0.2, 0) is 4.79 Å². The van der Waals surface area contributed by atoms with Crippen molar-refractivity contribution < 1.29 is 13.6 Å². The summed E-state index contributed by atoms with van der Waals surface area (Å²) >= 11 is 0. The predicted molar refractivity (Wildman–Crippen MR) is 53.6 cm³/mol. The van der Waals surface area contributed by atoms with E-state index >= 15 is 0 Å². The van der Waals surface area contributed by atoms with Crippen LogP contribution in [0.15, 0.2) is 30.3 Å². The second kappa shape index (κ2) is 5.44. The van der Waals surface area contributed by atoms with E-state index in [0.717, 1.165) is 5.56 Å². The van der Waals surface area contributed by atoms with Crippen LogP contribution in [0.25, 0.3) is 0 Å². The number of amides is 1. The van der Waals surface area contributed by atoms with Crippen LogP contribution in [0.2, 0.25) is 0 Å². The van der Waals surface area contributed by atoms with Gasteiger partial charge in [-0.25, -0.2) is 0 Å². The third-order valence-electron chi connectivity index (χ3n) is 2.12. The molecule has 1 N–H and O–H groups in total. The van der Waals surface area contributed by atoms with E-state index in [-0.39, 0.29) is 6.04 Å². The van der Waals surface area contributed by atoms with Gasteiger partial charge >= 0.3 is 6.43 Å². The molecule has 2 nitrogen and oxygen atoms in total. The first-order valence-electron chi connectivity index (χ1n) is 4.78. The smallest absolute Gasteiger partial charge is 0.315 e. The minimum atomic E-state index is -2.96. The van der Waals surface area contributed by atoms with Gasteiger partial charge in [0.2, 0.25) is 0 Å². The van der Waals surface area contributed by atoms with E-state index in [1.165, 1.54) is 0 Å². The lowest BCUT2D eigenvalue weighted by Gasteiger charge is -2.16. The summed E-state index contributed by atoms with van der Waals surface area (Å²) in [6.07, 6.45) is -2.37. The van der Waals surface area contributed by atoms with Gasteiger partial charge in [0.1, 0.15) is 0 Å². The molecule has 0 aliphatic rings. The highest BCUT2D eigenvalue weighted by molar-refractivity contribution is 5.79. The Hall–Kier alpha value is -1.45. The zero-order chi connectivity index (χ0) is 11.3. The number of nitrogens with one attached hydrogen (secondary N) is 1. The normalized spacial score (nSPS) is 12.5. The van der Waals surface area contributed by atoms with E-state index in [1.54, 1.807) is 12.1 Å². The van der Waals surface area contributed by atoms with Crippen LogP contribution in [-0.4, -0.2) is 12.3 Å². The molecular formula is C11H13F2NO. The quantitative estimate of drug-likeness (QED) is 0.818. The van der Waals surface area contributed by atoms with Gasteiger partial charge in [0.25, 0.3) is 5.91 Å². The van der Waals surface area contributed by atoms with Crippen LogP contribution in [0.4, 0.5) is 8.78 Å². The number of hydrogen-bond acceptors (Lipinski definition) is 1. The molecule has 0 spiro atoms. The molecule has 15 heavy (non-hydrogen) atoms. The summed E-state index contributed by atoms with van der Waals surface area (Å²) in [5.74, 6) is -1.22. The van der Waals surface area contributed by atoms with Crippen molar-refractivity contribution in [2.45, 2.75) is 25.8 Å². The van der Waals surface area contributed by atoms with E-state index in [2.05, 4.69) is 5.32 Å². The maximum Gasteiger partial charge on any atom is 0.315 e. The molecule has 0 aromatic heterocycles. The van der Waals surface area contributed by atoms with Crippen molar-refractivity contribution in [3.8, 4) is 0 Å². The molecule has 82 valence electrons. The molecule has 0 bridgehead atoms. The number of halogens is 2. The molecule has 0 aliphatic heterocycles. The Kier molecular flexibility index (Phi) is 4.21. The molecule has 0 heterocycles. The fourth-order valence-corrected chi connectivity index (χ4v) is 1.34. The summed E-state index contributed by atoms with van der Waals surface area (Å²) in [5, 5.41) is 2.29. The van der Waals surface area contributed by atoms with Crippen LogP contribution in [0.3, 0.4) is 0 Å². The number of benzene rings is 1. The highest BCUT2D eigenvalue weighted by Gasteiger charge is 2.19. The van der Waals surface area contributed by atoms with Crippen molar-refractivity contribution in [2.24, 2.45) is 0 Å². The fourth-order valence-electron chi connectivity index (χ4n) is 1.34. The molecular weight excluding hydrogens is 200 g/mol. The first-order chi connectivity index (χ1) is 7.15. The molecule has 4 heteroatoms.